The number of imidazole rings is 1. The SMILES string of the molecule is CCc1nc(SCC(=O)Nc2nc3ccc(C)cc3s2)[nH]c1C.Cl. The number of thioether (sulfide) groups is 1. The molecule has 0 aliphatic heterocycles. The highest BCUT2D eigenvalue weighted by Gasteiger charge is 2.11. The summed E-state index contributed by atoms with van der Waals surface area (Å²) in [6.07, 6.45) is 0.889. The Labute approximate surface area is 155 Å². The Morgan fingerprint density at radius 3 is 2.83 bits per heavy atom. The molecule has 128 valence electrons. The normalized spacial score (nSPS) is 10.6. The average Bonchev–Trinajstić information content (AvgIpc) is 3.07. The molecule has 0 atom stereocenters. The van der Waals surface area contributed by atoms with Crippen molar-refractivity contribution in [2.24, 2.45) is 0 Å². The van der Waals surface area contributed by atoms with E-state index < -0.39 is 0 Å². The van der Waals surface area contributed by atoms with Crippen molar-refractivity contribution >= 4 is 56.8 Å². The molecule has 1 amide bonds. The first-order chi connectivity index (χ1) is 11.0. The highest BCUT2D eigenvalue weighted by atomic mass is 35.5. The molecule has 0 aliphatic rings. The highest BCUT2D eigenvalue weighted by molar-refractivity contribution is 7.99. The molecule has 0 aliphatic carbocycles. The van der Waals surface area contributed by atoms with E-state index in [0.717, 1.165) is 33.2 Å². The molecule has 24 heavy (non-hydrogen) atoms. The third kappa shape index (κ3) is 4.28. The molecule has 5 nitrogen and oxygen atoms in total. The quantitative estimate of drug-likeness (QED) is 0.643. The predicted octanol–water partition coefficient (Wildman–Crippen LogP) is 4.35. The summed E-state index contributed by atoms with van der Waals surface area (Å²) in [7, 11) is 0. The molecule has 0 fully saturated rings. The summed E-state index contributed by atoms with van der Waals surface area (Å²) < 4.78 is 1.09. The number of aryl methyl sites for hydroxylation is 3. The number of carbonyl (C=O) groups is 1. The minimum absolute atomic E-state index is 0. The number of nitrogens with zero attached hydrogens (tertiary/aromatic N) is 2. The van der Waals surface area contributed by atoms with Gasteiger partial charge in [0.25, 0.3) is 0 Å². The van der Waals surface area contributed by atoms with Crippen molar-refractivity contribution in [1.29, 1.82) is 0 Å². The minimum atomic E-state index is -0.0714. The number of hydrogen-bond acceptors (Lipinski definition) is 5. The number of hydrogen-bond donors (Lipinski definition) is 2. The van der Waals surface area contributed by atoms with Gasteiger partial charge in [-0.05, 0) is 38.0 Å². The lowest BCUT2D eigenvalue weighted by molar-refractivity contribution is -0.113. The molecule has 0 radical (unpaired) electrons. The molecule has 2 aromatic heterocycles. The van der Waals surface area contributed by atoms with Gasteiger partial charge in [0.2, 0.25) is 5.91 Å². The highest BCUT2D eigenvalue weighted by Crippen LogP contribution is 2.27. The van der Waals surface area contributed by atoms with Gasteiger partial charge in [-0.1, -0.05) is 36.1 Å². The third-order valence-electron chi connectivity index (χ3n) is 3.43. The van der Waals surface area contributed by atoms with Crippen molar-refractivity contribution in [3.63, 3.8) is 0 Å². The Bertz CT molecular complexity index is 859. The smallest absolute Gasteiger partial charge is 0.236 e. The summed E-state index contributed by atoms with van der Waals surface area (Å²) >= 11 is 2.90. The molecule has 2 N–H and O–H groups in total. The zero-order valence-electron chi connectivity index (χ0n) is 13.7. The molecular weight excluding hydrogens is 364 g/mol. The van der Waals surface area contributed by atoms with Crippen molar-refractivity contribution < 1.29 is 4.79 Å². The van der Waals surface area contributed by atoms with Crippen LogP contribution in [0.2, 0.25) is 0 Å². The van der Waals surface area contributed by atoms with E-state index in [1.54, 1.807) is 0 Å². The average molecular weight is 383 g/mol. The van der Waals surface area contributed by atoms with Gasteiger partial charge in [-0.15, -0.1) is 12.4 Å². The van der Waals surface area contributed by atoms with Gasteiger partial charge in [0.15, 0.2) is 10.3 Å². The zero-order valence-corrected chi connectivity index (χ0v) is 16.1. The van der Waals surface area contributed by atoms with Crippen LogP contribution in [0.5, 0.6) is 0 Å². The second-order valence-electron chi connectivity index (χ2n) is 5.29. The van der Waals surface area contributed by atoms with E-state index >= 15 is 0 Å². The van der Waals surface area contributed by atoms with Crippen LogP contribution >= 0.6 is 35.5 Å². The maximum Gasteiger partial charge on any atom is 0.236 e. The summed E-state index contributed by atoms with van der Waals surface area (Å²) in [5.41, 5.74) is 4.22. The molecule has 0 saturated heterocycles. The van der Waals surface area contributed by atoms with E-state index in [1.165, 1.54) is 28.7 Å². The summed E-state index contributed by atoms with van der Waals surface area (Å²) in [4.78, 5) is 24.2. The number of aromatic nitrogens is 3. The number of thiazole rings is 1. The fraction of sp³-hybridized carbons (Fsp3) is 0.312. The van der Waals surface area contributed by atoms with Gasteiger partial charge in [0.1, 0.15) is 0 Å². The molecule has 0 bridgehead atoms. The van der Waals surface area contributed by atoms with E-state index in [2.05, 4.69) is 33.3 Å². The standard InChI is InChI=1S/C16H18N4OS2.ClH/c1-4-11-10(3)17-15(18-11)22-8-14(21)20-16-19-12-6-5-9(2)7-13(12)23-16;/h5-7H,4,8H2,1-3H3,(H,17,18)(H,19,20,21);1H. The van der Waals surface area contributed by atoms with Gasteiger partial charge in [-0.2, -0.15) is 0 Å². The second kappa shape index (κ2) is 8.00. The number of halogens is 1. The fourth-order valence-electron chi connectivity index (χ4n) is 2.25. The van der Waals surface area contributed by atoms with Crippen LogP contribution in [0.1, 0.15) is 23.9 Å². The number of rotatable bonds is 5. The predicted molar refractivity (Wildman–Crippen MR) is 104 cm³/mol. The second-order valence-corrected chi connectivity index (χ2v) is 7.29. The van der Waals surface area contributed by atoms with Crippen LogP contribution in [0.25, 0.3) is 10.2 Å². The van der Waals surface area contributed by atoms with Crippen LogP contribution in [0, 0.1) is 13.8 Å². The first-order valence-electron chi connectivity index (χ1n) is 7.40. The molecule has 3 aromatic rings. The number of benzene rings is 1. The van der Waals surface area contributed by atoms with Crippen LogP contribution in [-0.4, -0.2) is 26.6 Å². The fourth-order valence-corrected chi connectivity index (χ4v) is 3.97. The Morgan fingerprint density at radius 2 is 2.12 bits per heavy atom. The van der Waals surface area contributed by atoms with Gasteiger partial charge in [-0.25, -0.2) is 9.97 Å². The van der Waals surface area contributed by atoms with Gasteiger partial charge >= 0.3 is 0 Å². The largest absolute Gasteiger partial charge is 0.337 e. The molecule has 0 saturated carbocycles. The maximum absolute atomic E-state index is 12.1. The van der Waals surface area contributed by atoms with Crippen molar-refractivity contribution in [2.45, 2.75) is 32.3 Å². The lowest BCUT2D eigenvalue weighted by Gasteiger charge is -1.99. The maximum atomic E-state index is 12.1. The van der Waals surface area contributed by atoms with Crippen LogP contribution < -0.4 is 5.32 Å². The summed E-state index contributed by atoms with van der Waals surface area (Å²) in [6, 6.07) is 6.08. The van der Waals surface area contributed by atoms with Gasteiger partial charge in [0.05, 0.1) is 21.7 Å². The van der Waals surface area contributed by atoms with Crippen LogP contribution in [0.4, 0.5) is 5.13 Å². The van der Waals surface area contributed by atoms with E-state index in [9.17, 15) is 4.79 Å². The summed E-state index contributed by atoms with van der Waals surface area (Å²) in [6.45, 7) is 6.11. The van der Waals surface area contributed by atoms with E-state index in [1.807, 2.05) is 26.0 Å². The summed E-state index contributed by atoms with van der Waals surface area (Å²) in [5.74, 6) is 0.239. The van der Waals surface area contributed by atoms with Crippen LogP contribution in [0.15, 0.2) is 23.4 Å². The first kappa shape index (κ1) is 18.8. The lowest BCUT2D eigenvalue weighted by Crippen LogP contribution is -2.13. The van der Waals surface area contributed by atoms with Crippen molar-refractivity contribution in [1.82, 2.24) is 15.0 Å². The number of anilines is 1. The van der Waals surface area contributed by atoms with Crippen molar-refractivity contribution in [2.75, 3.05) is 11.1 Å². The molecular formula is C16H19ClN4OS2. The number of amides is 1. The number of H-pyrrole nitrogens is 1. The number of aromatic amines is 1. The first-order valence-corrected chi connectivity index (χ1v) is 9.20. The summed E-state index contributed by atoms with van der Waals surface area (Å²) in [5, 5.41) is 4.29. The van der Waals surface area contributed by atoms with Gasteiger partial charge < -0.3 is 10.3 Å². The lowest BCUT2D eigenvalue weighted by atomic mass is 10.2. The zero-order chi connectivity index (χ0) is 16.4. The number of nitrogens with one attached hydrogen (secondary N) is 2. The molecule has 3 rings (SSSR count). The number of carbonyl (C=O) groups excluding carboxylic acids is 1. The Morgan fingerprint density at radius 1 is 1.33 bits per heavy atom. The van der Waals surface area contributed by atoms with E-state index in [0.29, 0.717) is 10.9 Å². The van der Waals surface area contributed by atoms with Crippen LogP contribution in [0.3, 0.4) is 0 Å². The van der Waals surface area contributed by atoms with Gasteiger partial charge in [0, 0.05) is 5.69 Å². The molecule has 8 heteroatoms. The monoisotopic (exact) mass is 382 g/mol. The van der Waals surface area contributed by atoms with Crippen molar-refractivity contribution in [3.05, 3.63) is 35.2 Å². The number of fused-ring (bicyclic) bond motifs is 1. The van der Waals surface area contributed by atoms with Crippen molar-refractivity contribution in [3.8, 4) is 0 Å². The Hall–Kier alpha value is -1.57. The molecule has 2 heterocycles. The Kier molecular flexibility index (Phi) is 6.26. The van der Waals surface area contributed by atoms with E-state index in [-0.39, 0.29) is 18.3 Å². The molecule has 0 unspecified atom stereocenters. The molecule has 1 aromatic carbocycles. The van der Waals surface area contributed by atoms with Crippen LogP contribution in [-0.2, 0) is 11.2 Å². The van der Waals surface area contributed by atoms with Gasteiger partial charge in [-0.3, -0.25) is 4.79 Å². The topological polar surface area (TPSA) is 70.7 Å². The Balaban J connectivity index is 0.00000208. The van der Waals surface area contributed by atoms with E-state index in [4.69, 9.17) is 0 Å². The minimum Gasteiger partial charge on any atom is -0.337 e. The molecule has 0 spiro atoms. The third-order valence-corrected chi connectivity index (χ3v) is 5.24.